The summed E-state index contributed by atoms with van der Waals surface area (Å²) in [5.74, 6) is 1.20. The highest BCUT2D eigenvalue weighted by atomic mass is 35.5. The van der Waals surface area contributed by atoms with Crippen LogP contribution in [0.5, 0.6) is 11.6 Å². The Kier molecular flexibility index (Phi) is 3.94. The smallest absolute Gasteiger partial charge is 0.225 e. The summed E-state index contributed by atoms with van der Waals surface area (Å²) < 4.78 is 5.56. The Morgan fingerprint density at radius 3 is 2.59 bits per heavy atom. The summed E-state index contributed by atoms with van der Waals surface area (Å²) in [5.41, 5.74) is 1.31. The zero-order valence-corrected chi connectivity index (χ0v) is 10.3. The van der Waals surface area contributed by atoms with Crippen LogP contribution in [-0.2, 0) is 6.42 Å². The van der Waals surface area contributed by atoms with Crippen molar-refractivity contribution in [3.63, 3.8) is 0 Å². The first-order valence-corrected chi connectivity index (χ1v) is 5.91. The molecule has 2 rings (SSSR count). The molecule has 0 fully saturated rings. The second-order valence-corrected chi connectivity index (χ2v) is 4.00. The SMILES string of the molecule is CCCc1ccc(Oc2ccnc(Cl)n2)cc1. The van der Waals surface area contributed by atoms with Crippen molar-refractivity contribution in [1.29, 1.82) is 0 Å². The minimum Gasteiger partial charge on any atom is -0.439 e. The van der Waals surface area contributed by atoms with Crippen molar-refractivity contribution in [3.8, 4) is 11.6 Å². The van der Waals surface area contributed by atoms with E-state index < -0.39 is 0 Å². The van der Waals surface area contributed by atoms with Gasteiger partial charge >= 0.3 is 0 Å². The van der Waals surface area contributed by atoms with Crippen LogP contribution < -0.4 is 4.74 Å². The third kappa shape index (κ3) is 3.43. The molecule has 1 aromatic heterocycles. The van der Waals surface area contributed by atoms with Crippen molar-refractivity contribution in [1.82, 2.24) is 9.97 Å². The first-order valence-electron chi connectivity index (χ1n) is 5.53. The Bertz CT molecular complexity index is 485. The van der Waals surface area contributed by atoms with Gasteiger partial charge in [-0.05, 0) is 35.7 Å². The molecule has 0 spiro atoms. The maximum atomic E-state index is 5.68. The number of benzene rings is 1. The van der Waals surface area contributed by atoms with Crippen LogP contribution in [0.1, 0.15) is 18.9 Å². The molecule has 0 radical (unpaired) electrons. The van der Waals surface area contributed by atoms with Gasteiger partial charge in [-0.15, -0.1) is 0 Å². The number of nitrogens with zero attached hydrogens (tertiary/aromatic N) is 2. The van der Waals surface area contributed by atoms with Crippen LogP contribution in [0.25, 0.3) is 0 Å². The number of ether oxygens (including phenoxy) is 1. The lowest BCUT2D eigenvalue weighted by Gasteiger charge is -2.05. The van der Waals surface area contributed by atoms with Gasteiger partial charge in [0, 0.05) is 12.3 Å². The van der Waals surface area contributed by atoms with Crippen LogP contribution in [0.3, 0.4) is 0 Å². The molecule has 1 heterocycles. The molecule has 0 N–H and O–H groups in total. The molecule has 0 atom stereocenters. The van der Waals surface area contributed by atoms with E-state index >= 15 is 0 Å². The number of halogens is 1. The van der Waals surface area contributed by atoms with Gasteiger partial charge in [-0.3, -0.25) is 0 Å². The summed E-state index contributed by atoms with van der Waals surface area (Å²) in [6.07, 6.45) is 3.79. The minimum absolute atomic E-state index is 0.185. The van der Waals surface area contributed by atoms with Gasteiger partial charge < -0.3 is 4.74 Å². The van der Waals surface area contributed by atoms with Crippen LogP contribution in [0, 0.1) is 0 Å². The van der Waals surface area contributed by atoms with Gasteiger partial charge in [0.05, 0.1) is 0 Å². The summed E-state index contributed by atoms with van der Waals surface area (Å²) >= 11 is 5.68. The van der Waals surface area contributed by atoms with E-state index in [0.29, 0.717) is 5.88 Å². The predicted octanol–water partition coefficient (Wildman–Crippen LogP) is 3.87. The van der Waals surface area contributed by atoms with Gasteiger partial charge in [-0.25, -0.2) is 4.98 Å². The summed E-state index contributed by atoms with van der Waals surface area (Å²) in [4.78, 5) is 7.75. The first kappa shape index (κ1) is 11.9. The van der Waals surface area contributed by atoms with Crippen molar-refractivity contribution >= 4 is 11.6 Å². The van der Waals surface area contributed by atoms with Gasteiger partial charge in [0.1, 0.15) is 5.75 Å². The largest absolute Gasteiger partial charge is 0.439 e. The molecular formula is C13H13ClN2O. The van der Waals surface area contributed by atoms with Crippen molar-refractivity contribution in [2.75, 3.05) is 0 Å². The monoisotopic (exact) mass is 248 g/mol. The molecular weight excluding hydrogens is 236 g/mol. The van der Waals surface area contributed by atoms with E-state index in [4.69, 9.17) is 16.3 Å². The zero-order chi connectivity index (χ0) is 12.1. The summed E-state index contributed by atoms with van der Waals surface area (Å²) in [6.45, 7) is 2.16. The van der Waals surface area contributed by atoms with Gasteiger partial charge in [0.25, 0.3) is 0 Å². The Labute approximate surface area is 105 Å². The van der Waals surface area contributed by atoms with E-state index in [9.17, 15) is 0 Å². The molecule has 0 aliphatic rings. The third-order valence-corrected chi connectivity index (χ3v) is 2.47. The average molecular weight is 249 g/mol. The molecule has 3 nitrogen and oxygen atoms in total. The Morgan fingerprint density at radius 1 is 1.18 bits per heavy atom. The van der Waals surface area contributed by atoms with E-state index in [-0.39, 0.29) is 5.28 Å². The Balaban J connectivity index is 2.08. The lowest BCUT2D eigenvalue weighted by molar-refractivity contribution is 0.461. The molecule has 1 aromatic carbocycles. The van der Waals surface area contributed by atoms with Gasteiger partial charge in [0.2, 0.25) is 11.2 Å². The summed E-state index contributed by atoms with van der Waals surface area (Å²) in [7, 11) is 0. The van der Waals surface area contributed by atoms with Crippen LogP contribution >= 0.6 is 11.6 Å². The summed E-state index contributed by atoms with van der Waals surface area (Å²) in [5, 5.41) is 0.185. The topological polar surface area (TPSA) is 35.0 Å². The van der Waals surface area contributed by atoms with Crippen molar-refractivity contribution in [2.45, 2.75) is 19.8 Å². The maximum absolute atomic E-state index is 5.68. The van der Waals surface area contributed by atoms with Gasteiger partial charge in [-0.2, -0.15) is 4.98 Å². The van der Waals surface area contributed by atoms with E-state index in [2.05, 4.69) is 29.0 Å². The fourth-order valence-electron chi connectivity index (χ4n) is 1.51. The molecule has 0 saturated heterocycles. The molecule has 0 aliphatic carbocycles. The van der Waals surface area contributed by atoms with Gasteiger partial charge in [0.15, 0.2) is 0 Å². The van der Waals surface area contributed by atoms with Gasteiger partial charge in [-0.1, -0.05) is 25.5 Å². The zero-order valence-electron chi connectivity index (χ0n) is 9.56. The highest BCUT2D eigenvalue weighted by Gasteiger charge is 2.00. The van der Waals surface area contributed by atoms with Crippen molar-refractivity contribution in [2.24, 2.45) is 0 Å². The minimum atomic E-state index is 0.185. The van der Waals surface area contributed by atoms with E-state index in [0.717, 1.165) is 18.6 Å². The molecule has 0 amide bonds. The molecule has 0 bridgehead atoms. The number of hydrogen-bond donors (Lipinski definition) is 0. The number of aryl methyl sites for hydroxylation is 1. The van der Waals surface area contributed by atoms with E-state index in [1.54, 1.807) is 12.3 Å². The quantitative estimate of drug-likeness (QED) is 0.771. The molecule has 2 aromatic rings. The lowest BCUT2D eigenvalue weighted by atomic mass is 10.1. The molecule has 17 heavy (non-hydrogen) atoms. The predicted molar refractivity (Wildman–Crippen MR) is 67.6 cm³/mol. The fourth-order valence-corrected chi connectivity index (χ4v) is 1.65. The van der Waals surface area contributed by atoms with Crippen LogP contribution in [0.4, 0.5) is 0 Å². The van der Waals surface area contributed by atoms with Crippen LogP contribution in [0.15, 0.2) is 36.5 Å². The standard InChI is InChI=1S/C13H13ClN2O/c1-2-3-10-4-6-11(7-5-10)17-12-8-9-15-13(14)16-12/h4-9H,2-3H2,1H3. The number of rotatable bonds is 4. The van der Waals surface area contributed by atoms with Crippen LogP contribution in [0.2, 0.25) is 5.28 Å². The third-order valence-electron chi connectivity index (χ3n) is 2.29. The normalized spacial score (nSPS) is 10.2. The lowest BCUT2D eigenvalue weighted by Crippen LogP contribution is -1.90. The van der Waals surface area contributed by atoms with E-state index in [1.165, 1.54) is 5.56 Å². The van der Waals surface area contributed by atoms with Crippen molar-refractivity contribution in [3.05, 3.63) is 47.4 Å². The second kappa shape index (κ2) is 5.64. The molecule has 0 unspecified atom stereocenters. The summed E-state index contributed by atoms with van der Waals surface area (Å²) in [6, 6.07) is 9.65. The highest BCUT2D eigenvalue weighted by Crippen LogP contribution is 2.20. The first-order chi connectivity index (χ1) is 8.28. The molecule has 0 aliphatic heterocycles. The van der Waals surface area contributed by atoms with Crippen LogP contribution in [-0.4, -0.2) is 9.97 Å². The number of aromatic nitrogens is 2. The Morgan fingerprint density at radius 2 is 1.94 bits per heavy atom. The Hall–Kier alpha value is -1.61. The molecule has 0 saturated carbocycles. The molecule has 88 valence electrons. The maximum Gasteiger partial charge on any atom is 0.225 e. The molecule has 4 heteroatoms. The number of hydrogen-bond acceptors (Lipinski definition) is 3. The van der Waals surface area contributed by atoms with E-state index in [1.807, 2.05) is 12.1 Å². The average Bonchev–Trinajstić information content (AvgIpc) is 2.32. The van der Waals surface area contributed by atoms with Crippen molar-refractivity contribution < 1.29 is 4.74 Å². The highest BCUT2D eigenvalue weighted by molar-refractivity contribution is 6.28. The second-order valence-electron chi connectivity index (χ2n) is 3.66. The fraction of sp³-hybridized carbons (Fsp3) is 0.231.